The molecule has 0 aromatic heterocycles. The van der Waals surface area contributed by atoms with Crippen molar-refractivity contribution in [3.8, 4) is 5.75 Å². The number of allylic oxidation sites excluding steroid dienone is 2. The molecule has 0 saturated carbocycles. The van der Waals surface area contributed by atoms with Crippen LogP contribution in [0.2, 0.25) is 0 Å². The van der Waals surface area contributed by atoms with Crippen LogP contribution >= 0.6 is 0 Å². The third kappa shape index (κ3) is 11.8. The van der Waals surface area contributed by atoms with E-state index in [1.807, 2.05) is 19.1 Å². The summed E-state index contributed by atoms with van der Waals surface area (Å²) in [6.45, 7) is 5.04. The number of carbonyl (C=O) groups is 1. The Morgan fingerprint density at radius 2 is 1.37 bits per heavy atom. The van der Waals surface area contributed by atoms with E-state index in [2.05, 4.69) is 48.7 Å². The predicted octanol–water partition coefficient (Wildman–Crippen LogP) is 9.11. The first-order valence-corrected chi connectivity index (χ1v) is 14.2. The van der Waals surface area contributed by atoms with Gasteiger partial charge in [-0.2, -0.15) is 0 Å². The lowest BCUT2D eigenvalue weighted by molar-refractivity contribution is -0.122. The van der Waals surface area contributed by atoms with Crippen molar-refractivity contribution in [3.63, 3.8) is 0 Å². The van der Waals surface area contributed by atoms with Crippen molar-refractivity contribution in [2.75, 3.05) is 13.7 Å². The van der Waals surface area contributed by atoms with Gasteiger partial charge in [0.15, 0.2) is 0 Å². The molecule has 1 amide bonds. The lowest BCUT2D eigenvalue weighted by atomic mass is 9.97. The molecule has 0 saturated heterocycles. The zero-order chi connectivity index (χ0) is 25.1. The van der Waals surface area contributed by atoms with Crippen LogP contribution < -0.4 is 10.1 Å². The summed E-state index contributed by atoms with van der Waals surface area (Å²) in [4.78, 5) is 12.6. The van der Waals surface area contributed by atoms with Crippen molar-refractivity contribution in [2.24, 2.45) is 0 Å². The van der Waals surface area contributed by atoms with E-state index >= 15 is 0 Å². The molecule has 3 nitrogen and oxygen atoms in total. The maximum Gasteiger partial charge on any atom is 0.227 e. The number of rotatable bonds is 19. The molecule has 0 aliphatic heterocycles. The van der Waals surface area contributed by atoms with E-state index in [0.717, 1.165) is 35.1 Å². The Kier molecular flexibility index (Phi) is 14.9. The van der Waals surface area contributed by atoms with Gasteiger partial charge in [0.25, 0.3) is 0 Å². The van der Waals surface area contributed by atoms with Gasteiger partial charge in [-0.1, -0.05) is 101 Å². The predicted molar refractivity (Wildman–Crippen MR) is 151 cm³/mol. The van der Waals surface area contributed by atoms with Crippen molar-refractivity contribution in [1.29, 1.82) is 0 Å². The Bertz CT molecular complexity index is 873. The molecule has 2 aromatic carbocycles. The summed E-state index contributed by atoms with van der Waals surface area (Å²) < 4.78 is 5.30. The zero-order valence-electron chi connectivity index (χ0n) is 22.6. The summed E-state index contributed by atoms with van der Waals surface area (Å²) in [6, 6.07) is 12.3. The number of fused-ring (bicyclic) bond motifs is 1. The maximum absolute atomic E-state index is 12.6. The molecule has 0 spiro atoms. The molecule has 2 rings (SSSR count). The number of nitrogens with one attached hydrogen (secondary N) is 1. The van der Waals surface area contributed by atoms with Crippen molar-refractivity contribution >= 4 is 16.7 Å². The molecule has 0 bridgehead atoms. The SMILES string of the molecule is CCCCCCCC/C=C\CCCCCCCCNC(=O)[C@@H](C)c1ccc2cc(OC)ccc2c1. The van der Waals surface area contributed by atoms with E-state index in [1.54, 1.807) is 7.11 Å². The Balaban J connectivity index is 1.48. The van der Waals surface area contributed by atoms with Gasteiger partial charge >= 0.3 is 0 Å². The molecule has 0 heterocycles. The molecule has 2 aromatic rings. The Morgan fingerprint density at radius 1 is 0.800 bits per heavy atom. The molecular weight excluding hydrogens is 430 g/mol. The van der Waals surface area contributed by atoms with E-state index in [4.69, 9.17) is 4.74 Å². The standard InChI is InChI=1S/C32H49NO2/c1-4-5-6-7-8-9-10-11-12-13-14-15-16-17-18-19-24-33-32(34)27(2)28-20-21-30-26-31(35-3)23-22-29(30)25-28/h11-12,20-23,25-27H,4-10,13-19,24H2,1-3H3,(H,33,34)/b12-11-/t27-/m0/s1. The van der Waals surface area contributed by atoms with Gasteiger partial charge in [-0.25, -0.2) is 0 Å². The van der Waals surface area contributed by atoms with Gasteiger partial charge in [-0.05, 0) is 67.5 Å². The Morgan fingerprint density at radius 3 is 2.03 bits per heavy atom. The molecule has 0 aliphatic carbocycles. The van der Waals surface area contributed by atoms with Crippen LogP contribution in [0.15, 0.2) is 48.6 Å². The molecule has 0 aliphatic rings. The minimum absolute atomic E-state index is 0.116. The summed E-state index contributed by atoms with van der Waals surface area (Å²) in [6.07, 6.45) is 23.0. The van der Waals surface area contributed by atoms with Crippen molar-refractivity contribution < 1.29 is 9.53 Å². The van der Waals surface area contributed by atoms with Crippen LogP contribution in [0.5, 0.6) is 5.75 Å². The van der Waals surface area contributed by atoms with E-state index < -0.39 is 0 Å². The number of benzene rings is 2. The van der Waals surface area contributed by atoms with Gasteiger partial charge in [-0.15, -0.1) is 0 Å². The molecule has 0 unspecified atom stereocenters. The summed E-state index contributed by atoms with van der Waals surface area (Å²) >= 11 is 0. The minimum Gasteiger partial charge on any atom is -0.497 e. The highest BCUT2D eigenvalue weighted by molar-refractivity contribution is 5.88. The fourth-order valence-electron chi connectivity index (χ4n) is 4.53. The molecule has 0 fully saturated rings. The van der Waals surface area contributed by atoms with Crippen LogP contribution in [0.4, 0.5) is 0 Å². The highest BCUT2D eigenvalue weighted by atomic mass is 16.5. The monoisotopic (exact) mass is 479 g/mol. The van der Waals surface area contributed by atoms with E-state index in [-0.39, 0.29) is 11.8 Å². The van der Waals surface area contributed by atoms with Crippen LogP contribution in [0.25, 0.3) is 10.8 Å². The first-order chi connectivity index (χ1) is 17.2. The quantitative estimate of drug-likeness (QED) is 0.161. The van der Waals surface area contributed by atoms with E-state index in [1.165, 1.54) is 83.5 Å². The molecule has 35 heavy (non-hydrogen) atoms. The van der Waals surface area contributed by atoms with Crippen molar-refractivity contribution in [3.05, 3.63) is 54.1 Å². The fraction of sp³-hybridized carbons (Fsp3) is 0.594. The topological polar surface area (TPSA) is 38.3 Å². The molecule has 1 N–H and O–H groups in total. The largest absolute Gasteiger partial charge is 0.497 e. The van der Waals surface area contributed by atoms with Crippen molar-refractivity contribution in [2.45, 2.75) is 110 Å². The fourth-order valence-corrected chi connectivity index (χ4v) is 4.53. The van der Waals surface area contributed by atoms with Crippen LogP contribution in [-0.2, 0) is 4.79 Å². The molecule has 194 valence electrons. The lowest BCUT2D eigenvalue weighted by Gasteiger charge is -2.14. The second-order valence-electron chi connectivity index (χ2n) is 9.92. The second kappa shape index (κ2) is 18.0. The first kappa shape index (κ1) is 28.9. The summed E-state index contributed by atoms with van der Waals surface area (Å²) in [7, 11) is 1.68. The molecule has 0 radical (unpaired) electrons. The smallest absolute Gasteiger partial charge is 0.227 e. The van der Waals surface area contributed by atoms with Gasteiger partial charge in [0, 0.05) is 6.54 Å². The number of carbonyl (C=O) groups excluding carboxylic acids is 1. The highest BCUT2D eigenvalue weighted by Gasteiger charge is 2.15. The molecular formula is C32H49NO2. The van der Waals surface area contributed by atoms with Gasteiger partial charge in [0.1, 0.15) is 5.75 Å². The first-order valence-electron chi connectivity index (χ1n) is 14.2. The summed E-state index contributed by atoms with van der Waals surface area (Å²) in [5.41, 5.74) is 1.06. The maximum atomic E-state index is 12.6. The third-order valence-corrected chi connectivity index (χ3v) is 6.95. The van der Waals surface area contributed by atoms with Crippen LogP contribution in [0.1, 0.15) is 115 Å². The average molecular weight is 480 g/mol. The zero-order valence-corrected chi connectivity index (χ0v) is 22.6. The van der Waals surface area contributed by atoms with Crippen LogP contribution in [-0.4, -0.2) is 19.6 Å². The minimum atomic E-state index is -0.143. The number of hydrogen-bond acceptors (Lipinski definition) is 2. The van der Waals surface area contributed by atoms with Gasteiger partial charge in [0.2, 0.25) is 5.91 Å². The second-order valence-corrected chi connectivity index (χ2v) is 9.92. The lowest BCUT2D eigenvalue weighted by Crippen LogP contribution is -2.28. The van der Waals surface area contributed by atoms with Gasteiger partial charge in [-0.3, -0.25) is 4.79 Å². The number of unbranched alkanes of at least 4 members (excludes halogenated alkanes) is 12. The number of hydrogen-bond donors (Lipinski definition) is 1. The third-order valence-electron chi connectivity index (χ3n) is 6.95. The number of methoxy groups -OCH3 is 1. The Hall–Kier alpha value is -2.29. The van der Waals surface area contributed by atoms with Crippen molar-refractivity contribution in [1.82, 2.24) is 5.32 Å². The summed E-state index contributed by atoms with van der Waals surface area (Å²) in [5.74, 6) is 0.827. The number of amides is 1. The van der Waals surface area contributed by atoms with Gasteiger partial charge in [0.05, 0.1) is 13.0 Å². The van der Waals surface area contributed by atoms with E-state index in [0.29, 0.717) is 0 Å². The average Bonchev–Trinajstić information content (AvgIpc) is 2.89. The van der Waals surface area contributed by atoms with E-state index in [9.17, 15) is 4.79 Å². The summed E-state index contributed by atoms with van der Waals surface area (Å²) in [5, 5.41) is 5.39. The normalized spacial score (nSPS) is 12.3. The van der Waals surface area contributed by atoms with Crippen LogP contribution in [0, 0.1) is 0 Å². The number of ether oxygens (including phenoxy) is 1. The molecule has 3 heteroatoms. The molecule has 1 atom stereocenters. The highest BCUT2D eigenvalue weighted by Crippen LogP contribution is 2.25. The Labute approximate surface area is 214 Å². The van der Waals surface area contributed by atoms with Gasteiger partial charge < -0.3 is 10.1 Å². The van der Waals surface area contributed by atoms with Crippen LogP contribution in [0.3, 0.4) is 0 Å².